The number of carbonyl (C=O) groups is 1. The van der Waals surface area contributed by atoms with Gasteiger partial charge in [0.1, 0.15) is 5.00 Å². The van der Waals surface area contributed by atoms with Gasteiger partial charge < -0.3 is 10.6 Å². The van der Waals surface area contributed by atoms with Crippen LogP contribution in [0.25, 0.3) is 0 Å². The first-order valence-electron chi connectivity index (χ1n) is 7.68. The summed E-state index contributed by atoms with van der Waals surface area (Å²) in [6.45, 7) is 6.81. The molecule has 2 aliphatic rings. The molecule has 2 N–H and O–H groups in total. The van der Waals surface area contributed by atoms with Crippen molar-refractivity contribution in [3.05, 3.63) is 4.88 Å². The summed E-state index contributed by atoms with van der Waals surface area (Å²) in [6.07, 6.45) is 6.53. The van der Waals surface area contributed by atoms with Gasteiger partial charge in [-0.2, -0.15) is 0 Å². The van der Waals surface area contributed by atoms with Gasteiger partial charge in [-0.25, -0.2) is 0 Å². The molecule has 0 spiro atoms. The van der Waals surface area contributed by atoms with Gasteiger partial charge >= 0.3 is 0 Å². The number of thiophene rings is 1. The third-order valence-corrected chi connectivity index (χ3v) is 6.89. The number of Topliss-reactive ketones (excluding diaryl/α,β-unsaturated/α-hetero) is 1. The van der Waals surface area contributed by atoms with E-state index in [0.717, 1.165) is 41.4 Å². The van der Waals surface area contributed by atoms with Crippen molar-refractivity contribution in [2.75, 3.05) is 30.0 Å². The highest BCUT2D eigenvalue weighted by atomic mass is 32.2. The van der Waals surface area contributed by atoms with Crippen LogP contribution in [-0.4, -0.2) is 25.1 Å². The zero-order valence-corrected chi connectivity index (χ0v) is 14.7. The van der Waals surface area contributed by atoms with Gasteiger partial charge in [0.15, 0.2) is 5.78 Å². The molecular formula is C16H24N2OS2. The molecule has 21 heavy (non-hydrogen) atoms. The largest absolute Gasteiger partial charge is 0.396 e. The van der Waals surface area contributed by atoms with Crippen molar-refractivity contribution in [3.63, 3.8) is 0 Å². The van der Waals surface area contributed by atoms with Gasteiger partial charge in [0, 0.05) is 19.0 Å². The Bertz CT molecular complexity index is 551. The van der Waals surface area contributed by atoms with Crippen LogP contribution in [-0.2, 0) is 0 Å². The summed E-state index contributed by atoms with van der Waals surface area (Å²) >= 11 is 3.30. The topological polar surface area (TPSA) is 46.3 Å². The molecule has 3 nitrogen and oxygen atoms in total. The highest BCUT2D eigenvalue weighted by molar-refractivity contribution is 7.99. The fourth-order valence-corrected chi connectivity index (χ4v) is 5.10. The lowest BCUT2D eigenvalue weighted by Crippen LogP contribution is -2.37. The fourth-order valence-electron chi connectivity index (χ4n) is 2.85. The third kappa shape index (κ3) is 2.95. The van der Waals surface area contributed by atoms with E-state index in [2.05, 4.69) is 25.0 Å². The number of piperidine rings is 1. The number of hydrogen-bond donors (Lipinski definition) is 1. The summed E-state index contributed by atoms with van der Waals surface area (Å²) < 4.78 is 0. The molecule has 0 atom stereocenters. The molecule has 2 heterocycles. The number of nitrogen functional groups attached to an aromatic ring is 1. The molecule has 116 valence electrons. The van der Waals surface area contributed by atoms with E-state index in [0.29, 0.717) is 5.41 Å². The first-order chi connectivity index (χ1) is 9.93. The smallest absolute Gasteiger partial charge is 0.178 e. The molecule has 0 amide bonds. The summed E-state index contributed by atoms with van der Waals surface area (Å²) in [4.78, 5) is 16.8. The molecule has 1 aliphatic heterocycles. The van der Waals surface area contributed by atoms with E-state index in [-0.39, 0.29) is 11.7 Å². The van der Waals surface area contributed by atoms with Crippen LogP contribution in [0.15, 0.2) is 4.90 Å². The molecule has 1 aliphatic carbocycles. The van der Waals surface area contributed by atoms with Gasteiger partial charge in [-0.3, -0.25) is 4.79 Å². The predicted molar refractivity (Wildman–Crippen MR) is 92.8 cm³/mol. The number of thioether (sulfide) groups is 1. The maximum absolute atomic E-state index is 12.4. The van der Waals surface area contributed by atoms with Crippen LogP contribution in [0.5, 0.6) is 0 Å². The van der Waals surface area contributed by atoms with Crippen LogP contribution in [0.1, 0.15) is 49.2 Å². The minimum absolute atomic E-state index is 0.244. The van der Waals surface area contributed by atoms with E-state index in [1.165, 1.54) is 17.8 Å². The third-order valence-electron chi connectivity index (χ3n) is 4.66. The van der Waals surface area contributed by atoms with Gasteiger partial charge in [-0.05, 0) is 37.4 Å². The van der Waals surface area contributed by atoms with Crippen molar-refractivity contribution in [1.82, 2.24) is 0 Å². The predicted octanol–water partition coefficient (Wildman–Crippen LogP) is 4.27. The van der Waals surface area contributed by atoms with Crippen molar-refractivity contribution in [3.8, 4) is 0 Å². The molecule has 1 aromatic rings. The molecule has 1 saturated carbocycles. The summed E-state index contributed by atoms with van der Waals surface area (Å²) in [5.74, 6) is 0.519. The zero-order valence-electron chi connectivity index (χ0n) is 13.1. The summed E-state index contributed by atoms with van der Waals surface area (Å²) in [5.41, 5.74) is 7.45. The Morgan fingerprint density at radius 3 is 2.48 bits per heavy atom. The Kier molecular flexibility index (Phi) is 3.99. The Morgan fingerprint density at radius 2 is 1.95 bits per heavy atom. The van der Waals surface area contributed by atoms with Crippen LogP contribution in [0.4, 0.5) is 10.7 Å². The summed E-state index contributed by atoms with van der Waals surface area (Å²) in [6, 6.07) is 0. The number of hydrogen-bond acceptors (Lipinski definition) is 5. The van der Waals surface area contributed by atoms with Crippen molar-refractivity contribution < 1.29 is 4.79 Å². The highest BCUT2D eigenvalue weighted by Gasteiger charge is 2.35. The quantitative estimate of drug-likeness (QED) is 0.663. The second-order valence-corrected chi connectivity index (χ2v) is 8.79. The number of nitrogens with two attached hydrogens (primary N) is 1. The van der Waals surface area contributed by atoms with E-state index < -0.39 is 0 Å². The van der Waals surface area contributed by atoms with E-state index in [1.807, 2.05) is 0 Å². The summed E-state index contributed by atoms with van der Waals surface area (Å²) in [5, 5.41) is 1.22. The second-order valence-electron chi connectivity index (χ2n) is 6.97. The first kappa shape index (κ1) is 15.2. The van der Waals surface area contributed by atoms with E-state index in [1.54, 1.807) is 23.1 Å². The first-order valence-corrected chi connectivity index (χ1v) is 9.72. The van der Waals surface area contributed by atoms with Crippen LogP contribution >= 0.6 is 23.1 Å². The molecule has 0 aromatic carbocycles. The van der Waals surface area contributed by atoms with Gasteiger partial charge in [0.25, 0.3) is 0 Å². The van der Waals surface area contributed by atoms with Crippen molar-refractivity contribution in [1.29, 1.82) is 0 Å². The Balaban J connectivity index is 1.88. The number of rotatable bonds is 4. The highest BCUT2D eigenvalue weighted by Crippen LogP contribution is 2.48. The molecule has 2 fully saturated rings. The van der Waals surface area contributed by atoms with E-state index in [9.17, 15) is 4.79 Å². The van der Waals surface area contributed by atoms with Crippen molar-refractivity contribution >= 4 is 39.6 Å². The van der Waals surface area contributed by atoms with Crippen LogP contribution < -0.4 is 10.6 Å². The standard InChI is InChI=1S/C16H24N2OS2/c1-16(2)6-8-18(9-7-16)15-14(20-3)11(17)13(21-15)12(19)10-4-5-10/h10H,4-9,17H2,1-3H3. The lowest BCUT2D eigenvalue weighted by molar-refractivity contribution is 0.0972. The number of ketones is 1. The molecule has 0 bridgehead atoms. The molecule has 1 aromatic heterocycles. The number of nitrogens with zero attached hydrogens (tertiary/aromatic N) is 1. The van der Waals surface area contributed by atoms with Gasteiger partial charge in [0.2, 0.25) is 0 Å². The zero-order chi connectivity index (χ0) is 15.2. The van der Waals surface area contributed by atoms with Gasteiger partial charge in [0.05, 0.1) is 15.5 Å². The van der Waals surface area contributed by atoms with E-state index in [4.69, 9.17) is 5.73 Å². The lowest BCUT2D eigenvalue weighted by atomic mass is 9.83. The minimum atomic E-state index is 0.244. The molecule has 1 saturated heterocycles. The normalized spacial score (nSPS) is 21.6. The summed E-state index contributed by atoms with van der Waals surface area (Å²) in [7, 11) is 0. The van der Waals surface area contributed by atoms with E-state index >= 15 is 0 Å². The van der Waals surface area contributed by atoms with Gasteiger partial charge in [-0.15, -0.1) is 23.1 Å². The minimum Gasteiger partial charge on any atom is -0.396 e. The van der Waals surface area contributed by atoms with Gasteiger partial charge in [-0.1, -0.05) is 13.8 Å². The maximum atomic E-state index is 12.4. The number of carbonyl (C=O) groups excluding carboxylic acids is 1. The Labute approximate surface area is 135 Å². The Hall–Kier alpha value is -0.680. The molecule has 3 rings (SSSR count). The average molecular weight is 325 g/mol. The average Bonchev–Trinajstić information content (AvgIpc) is 3.23. The number of anilines is 2. The Morgan fingerprint density at radius 1 is 1.33 bits per heavy atom. The monoisotopic (exact) mass is 324 g/mol. The second kappa shape index (κ2) is 5.51. The molecule has 0 unspecified atom stereocenters. The molecule has 5 heteroatoms. The maximum Gasteiger partial charge on any atom is 0.178 e. The molecule has 0 radical (unpaired) electrons. The SMILES string of the molecule is CSc1c(N2CCC(C)(C)CC2)sc(C(=O)C2CC2)c1N. The van der Waals surface area contributed by atoms with Crippen LogP contribution in [0.2, 0.25) is 0 Å². The fraction of sp³-hybridized carbons (Fsp3) is 0.688. The van der Waals surface area contributed by atoms with Crippen LogP contribution in [0.3, 0.4) is 0 Å². The van der Waals surface area contributed by atoms with Crippen LogP contribution in [0, 0.1) is 11.3 Å². The van der Waals surface area contributed by atoms with Crippen molar-refractivity contribution in [2.45, 2.75) is 44.4 Å². The molecular weight excluding hydrogens is 300 g/mol. The lowest BCUT2D eigenvalue weighted by Gasteiger charge is -2.37. The van der Waals surface area contributed by atoms with Crippen molar-refractivity contribution in [2.24, 2.45) is 11.3 Å².